The number of carbonyl (C=O) groups is 1. The van der Waals surface area contributed by atoms with Crippen molar-refractivity contribution in [2.75, 3.05) is 6.61 Å². The highest BCUT2D eigenvalue weighted by Gasteiger charge is 2.33. The van der Waals surface area contributed by atoms with Crippen LogP contribution in [0.25, 0.3) is 0 Å². The van der Waals surface area contributed by atoms with Crippen LogP contribution in [-0.2, 0) is 10.9 Å². The first-order chi connectivity index (χ1) is 6.95. The summed E-state index contributed by atoms with van der Waals surface area (Å²) in [6.07, 6.45) is -3.33. The highest BCUT2D eigenvalue weighted by Crippen LogP contribution is 2.26. The van der Waals surface area contributed by atoms with Crippen molar-refractivity contribution in [1.82, 2.24) is 9.97 Å². The van der Waals surface area contributed by atoms with Crippen LogP contribution in [-0.4, -0.2) is 22.5 Å². The summed E-state index contributed by atoms with van der Waals surface area (Å²) in [5, 5.41) is 0. The van der Waals surface area contributed by atoms with Crippen LogP contribution in [0, 0.1) is 0 Å². The smallest absolute Gasteiger partial charge is 0.434 e. The molecule has 0 spiro atoms. The Balaban J connectivity index is 2.86. The van der Waals surface area contributed by atoms with Crippen molar-refractivity contribution in [2.24, 2.45) is 0 Å². The number of nitrogens with zero attached hydrogens (tertiary/aromatic N) is 2. The Kier molecular flexibility index (Phi) is 3.23. The van der Waals surface area contributed by atoms with Gasteiger partial charge >= 0.3 is 12.1 Å². The maximum absolute atomic E-state index is 12.1. The molecule has 4 nitrogen and oxygen atoms in total. The van der Waals surface area contributed by atoms with Crippen molar-refractivity contribution < 1.29 is 22.7 Å². The SMILES string of the molecule is CCOC(=O)c1cnc(C(F)(F)F)cn1. The summed E-state index contributed by atoms with van der Waals surface area (Å²) in [5.41, 5.74) is -1.39. The molecule has 0 saturated carbocycles. The van der Waals surface area contributed by atoms with E-state index in [2.05, 4.69) is 14.7 Å². The first kappa shape index (κ1) is 11.4. The molecule has 0 N–H and O–H groups in total. The zero-order valence-electron chi connectivity index (χ0n) is 7.71. The van der Waals surface area contributed by atoms with Gasteiger partial charge in [-0.1, -0.05) is 0 Å². The maximum Gasteiger partial charge on any atom is 0.434 e. The molecule has 0 amide bonds. The molecule has 0 atom stereocenters. The number of aromatic nitrogens is 2. The largest absolute Gasteiger partial charge is 0.461 e. The van der Waals surface area contributed by atoms with E-state index in [0.29, 0.717) is 6.20 Å². The average molecular weight is 220 g/mol. The molecule has 0 saturated heterocycles. The quantitative estimate of drug-likeness (QED) is 0.711. The number of carbonyl (C=O) groups excluding carboxylic acids is 1. The van der Waals surface area contributed by atoms with E-state index in [-0.39, 0.29) is 12.3 Å². The predicted molar refractivity (Wildman–Crippen MR) is 43.0 cm³/mol. The van der Waals surface area contributed by atoms with Gasteiger partial charge in [0.25, 0.3) is 0 Å². The van der Waals surface area contributed by atoms with E-state index in [9.17, 15) is 18.0 Å². The lowest BCUT2D eigenvalue weighted by Gasteiger charge is -2.05. The molecule has 15 heavy (non-hydrogen) atoms. The minimum absolute atomic E-state index is 0.127. The minimum Gasteiger partial charge on any atom is -0.461 e. The number of hydrogen-bond donors (Lipinski definition) is 0. The molecule has 1 aromatic heterocycles. The Morgan fingerprint density at radius 2 is 2.07 bits per heavy atom. The van der Waals surface area contributed by atoms with Crippen LogP contribution < -0.4 is 0 Å². The molecule has 0 unspecified atom stereocenters. The molecule has 0 radical (unpaired) electrons. The Labute approximate surface area is 83.1 Å². The van der Waals surface area contributed by atoms with Gasteiger partial charge in [0.05, 0.1) is 19.0 Å². The van der Waals surface area contributed by atoms with Crippen molar-refractivity contribution in [1.29, 1.82) is 0 Å². The van der Waals surface area contributed by atoms with E-state index in [1.54, 1.807) is 6.92 Å². The van der Waals surface area contributed by atoms with E-state index >= 15 is 0 Å². The Morgan fingerprint density at radius 3 is 2.47 bits per heavy atom. The van der Waals surface area contributed by atoms with Gasteiger partial charge in [-0.2, -0.15) is 13.2 Å². The zero-order valence-corrected chi connectivity index (χ0v) is 7.71. The number of rotatable bonds is 2. The number of esters is 1. The van der Waals surface area contributed by atoms with E-state index in [4.69, 9.17) is 0 Å². The highest BCUT2D eigenvalue weighted by molar-refractivity contribution is 5.86. The van der Waals surface area contributed by atoms with Crippen LogP contribution in [0.4, 0.5) is 13.2 Å². The summed E-state index contributed by atoms with van der Waals surface area (Å²) in [6.45, 7) is 1.71. The zero-order chi connectivity index (χ0) is 11.5. The van der Waals surface area contributed by atoms with Crippen molar-refractivity contribution in [2.45, 2.75) is 13.1 Å². The van der Waals surface area contributed by atoms with E-state index in [1.807, 2.05) is 0 Å². The van der Waals surface area contributed by atoms with Crippen LogP contribution in [0.3, 0.4) is 0 Å². The summed E-state index contributed by atoms with van der Waals surface area (Å²) in [6, 6.07) is 0. The third-order valence-electron chi connectivity index (χ3n) is 1.43. The monoisotopic (exact) mass is 220 g/mol. The predicted octanol–water partition coefficient (Wildman–Crippen LogP) is 1.67. The fourth-order valence-electron chi connectivity index (χ4n) is 0.785. The lowest BCUT2D eigenvalue weighted by atomic mass is 10.4. The summed E-state index contributed by atoms with van der Waals surface area (Å²) < 4.78 is 40.7. The molecule has 1 aromatic rings. The Morgan fingerprint density at radius 1 is 1.40 bits per heavy atom. The molecule has 0 fully saturated rings. The van der Waals surface area contributed by atoms with E-state index in [0.717, 1.165) is 6.20 Å². The molecule has 0 aromatic carbocycles. The molecule has 1 heterocycles. The lowest BCUT2D eigenvalue weighted by molar-refractivity contribution is -0.141. The number of alkyl halides is 3. The van der Waals surface area contributed by atoms with Gasteiger partial charge < -0.3 is 4.74 Å². The van der Waals surface area contributed by atoms with Gasteiger partial charge in [-0.25, -0.2) is 14.8 Å². The topological polar surface area (TPSA) is 52.1 Å². The standard InChI is InChI=1S/C8H7F3N2O2/c1-2-15-7(14)5-3-13-6(4-12-5)8(9,10)11/h3-4H,2H2,1H3. The van der Waals surface area contributed by atoms with Gasteiger partial charge in [0.2, 0.25) is 0 Å². The van der Waals surface area contributed by atoms with Gasteiger partial charge in [-0.3, -0.25) is 0 Å². The van der Waals surface area contributed by atoms with Gasteiger partial charge in [-0.15, -0.1) is 0 Å². The van der Waals surface area contributed by atoms with Gasteiger partial charge in [0.1, 0.15) is 0 Å². The summed E-state index contributed by atoms with van der Waals surface area (Å²) in [5.74, 6) is -0.793. The van der Waals surface area contributed by atoms with Crippen LogP contribution in [0.2, 0.25) is 0 Å². The van der Waals surface area contributed by atoms with E-state index in [1.165, 1.54) is 0 Å². The number of halogens is 3. The average Bonchev–Trinajstić information content (AvgIpc) is 2.17. The van der Waals surface area contributed by atoms with Crippen LogP contribution in [0.5, 0.6) is 0 Å². The van der Waals surface area contributed by atoms with Crippen LogP contribution in [0.1, 0.15) is 23.1 Å². The van der Waals surface area contributed by atoms with Gasteiger partial charge in [0, 0.05) is 0 Å². The normalized spacial score (nSPS) is 11.2. The number of hydrogen-bond acceptors (Lipinski definition) is 4. The Hall–Kier alpha value is -1.66. The second kappa shape index (κ2) is 4.24. The minimum atomic E-state index is -4.56. The Bertz CT molecular complexity index is 348. The summed E-state index contributed by atoms with van der Waals surface area (Å²) >= 11 is 0. The first-order valence-electron chi connectivity index (χ1n) is 4.01. The molecule has 0 aliphatic rings. The molecule has 0 aliphatic carbocycles. The third kappa shape index (κ3) is 2.90. The molecular weight excluding hydrogens is 213 g/mol. The van der Waals surface area contributed by atoms with Crippen molar-refractivity contribution in [3.05, 3.63) is 23.8 Å². The van der Waals surface area contributed by atoms with Crippen LogP contribution >= 0.6 is 0 Å². The number of ether oxygens (including phenoxy) is 1. The molecule has 0 aliphatic heterocycles. The second-order valence-electron chi connectivity index (χ2n) is 2.51. The second-order valence-corrected chi connectivity index (χ2v) is 2.51. The third-order valence-corrected chi connectivity index (χ3v) is 1.43. The van der Waals surface area contributed by atoms with Crippen molar-refractivity contribution in [3.63, 3.8) is 0 Å². The van der Waals surface area contributed by atoms with Gasteiger partial charge in [-0.05, 0) is 6.92 Å². The van der Waals surface area contributed by atoms with Crippen LogP contribution in [0.15, 0.2) is 12.4 Å². The molecule has 1 rings (SSSR count). The molecule has 7 heteroatoms. The summed E-state index contributed by atoms with van der Waals surface area (Å²) in [7, 11) is 0. The molecule has 82 valence electrons. The van der Waals surface area contributed by atoms with E-state index < -0.39 is 17.8 Å². The summed E-state index contributed by atoms with van der Waals surface area (Å²) in [4.78, 5) is 17.4. The fraction of sp³-hybridized carbons (Fsp3) is 0.375. The highest BCUT2D eigenvalue weighted by atomic mass is 19.4. The maximum atomic E-state index is 12.1. The fourth-order valence-corrected chi connectivity index (χ4v) is 0.785. The van der Waals surface area contributed by atoms with Gasteiger partial charge in [0.15, 0.2) is 11.4 Å². The molecule has 0 bridgehead atoms. The first-order valence-corrected chi connectivity index (χ1v) is 4.01. The van der Waals surface area contributed by atoms with Crippen molar-refractivity contribution in [3.8, 4) is 0 Å². The lowest BCUT2D eigenvalue weighted by Crippen LogP contribution is -2.12. The van der Waals surface area contributed by atoms with Crippen molar-refractivity contribution >= 4 is 5.97 Å². The molecular formula is C8H7F3N2O2.